The Morgan fingerprint density at radius 3 is 2.82 bits per heavy atom. The van der Waals surface area contributed by atoms with Crippen LogP contribution in [0.15, 0.2) is 24.3 Å². The Hall–Kier alpha value is -1.11. The fourth-order valence-electron chi connectivity index (χ4n) is 1.94. The van der Waals surface area contributed by atoms with Crippen molar-refractivity contribution in [3.8, 4) is 5.75 Å². The molecule has 90 valence electrons. The maximum atomic E-state index is 11.5. The van der Waals surface area contributed by atoms with Crippen LogP contribution in [0.4, 0.5) is 0 Å². The molecule has 1 unspecified atom stereocenters. The number of hydrogen-bond donors (Lipinski definition) is 0. The van der Waals surface area contributed by atoms with E-state index < -0.39 is 12.0 Å². The van der Waals surface area contributed by atoms with Crippen LogP contribution in [0, 0.1) is 5.92 Å². The van der Waals surface area contributed by atoms with Gasteiger partial charge in [-0.2, -0.15) is 0 Å². The van der Waals surface area contributed by atoms with Crippen molar-refractivity contribution in [2.45, 2.75) is 12.5 Å². The van der Waals surface area contributed by atoms with E-state index in [1.807, 2.05) is 18.2 Å². The Kier molecular flexibility index (Phi) is 3.66. The third-order valence-electron chi connectivity index (χ3n) is 2.75. The van der Waals surface area contributed by atoms with Crippen LogP contribution in [-0.2, 0) is 14.3 Å². The Morgan fingerprint density at radius 1 is 1.47 bits per heavy atom. The average Bonchev–Trinajstić information content (AvgIpc) is 2.71. The largest absolute Gasteiger partial charge is 0.496 e. The lowest BCUT2D eigenvalue weighted by Crippen LogP contribution is -2.14. The van der Waals surface area contributed by atoms with Crippen LogP contribution < -0.4 is 4.74 Å². The number of carbonyl (C=O) groups is 2. The van der Waals surface area contributed by atoms with Crippen molar-refractivity contribution in [3.05, 3.63) is 29.8 Å². The summed E-state index contributed by atoms with van der Waals surface area (Å²) in [7, 11) is 1.55. The molecule has 0 N–H and O–H groups in total. The summed E-state index contributed by atoms with van der Waals surface area (Å²) in [6.45, 7) is 0. The van der Waals surface area contributed by atoms with Crippen LogP contribution in [0.5, 0.6) is 5.75 Å². The van der Waals surface area contributed by atoms with Gasteiger partial charge in [0.25, 0.3) is 0 Å². The van der Waals surface area contributed by atoms with Crippen molar-refractivity contribution in [2.24, 2.45) is 5.92 Å². The summed E-state index contributed by atoms with van der Waals surface area (Å²) in [6.07, 6.45) is -0.382. The highest BCUT2D eigenvalue weighted by molar-refractivity contribution is 14.1. The molecule has 0 aromatic heterocycles. The van der Waals surface area contributed by atoms with Crippen LogP contribution in [-0.4, -0.2) is 16.9 Å². The lowest BCUT2D eigenvalue weighted by atomic mass is 9.96. The van der Waals surface area contributed by atoms with Crippen molar-refractivity contribution in [3.63, 3.8) is 0 Å². The first-order chi connectivity index (χ1) is 8.13. The quantitative estimate of drug-likeness (QED) is 0.479. The Labute approximate surface area is 112 Å². The molecule has 1 aromatic rings. The second-order valence-corrected chi connectivity index (χ2v) is 4.83. The average molecular weight is 346 g/mol. The summed E-state index contributed by atoms with van der Waals surface area (Å²) in [4.78, 5) is 22.8. The van der Waals surface area contributed by atoms with Gasteiger partial charge in [0, 0.05) is 28.2 Å². The summed E-state index contributed by atoms with van der Waals surface area (Å²) < 4.78 is 10.4. The minimum Gasteiger partial charge on any atom is -0.496 e. The van der Waals surface area contributed by atoms with E-state index in [1.54, 1.807) is 35.8 Å². The molecule has 1 aromatic carbocycles. The first-order valence-corrected chi connectivity index (χ1v) is 6.23. The Balaban J connectivity index is 2.38. The standard InChI is InChI=1S/C12H11IO4/c1-16-9-5-3-2-4-7(9)11-8(12(13)15)6-10(14)17-11/h2-5,8,11H,6H2,1H3/t8-,11?/m0/s1. The van der Waals surface area contributed by atoms with E-state index in [2.05, 4.69) is 0 Å². The van der Waals surface area contributed by atoms with Gasteiger partial charge in [-0.3, -0.25) is 9.59 Å². The second-order valence-electron chi connectivity index (χ2n) is 3.77. The number of cyclic esters (lactones) is 1. The maximum Gasteiger partial charge on any atom is 0.307 e. The third-order valence-corrected chi connectivity index (χ3v) is 3.55. The summed E-state index contributed by atoms with van der Waals surface area (Å²) in [5, 5.41) is 0. The first-order valence-electron chi connectivity index (χ1n) is 5.15. The number of esters is 1. The summed E-state index contributed by atoms with van der Waals surface area (Å²) >= 11 is 1.71. The van der Waals surface area contributed by atoms with E-state index in [9.17, 15) is 9.59 Å². The molecule has 0 aliphatic carbocycles. The molecule has 5 heteroatoms. The van der Waals surface area contributed by atoms with Crippen LogP contribution in [0.3, 0.4) is 0 Å². The van der Waals surface area contributed by atoms with Gasteiger partial charge < -0.3 is 9.47 Å². The highest BCUT2D eigenvalue weighted by Crippen LogP contribution is 2.40. The van der Waals surface area contributed by atoms with Crippen molar-refractivity contribution >= 4 is 32.4 Å². The van der Waals surface area contributed by atoms with Gasteiger partial charge in [-0.1, -0.05) is 18.2 Å². The zero-order valence-corrected chi connectivity index (χ0v) is 11.3. The Bertz CT molecular complexity index is 458. The van der Waals surface area contributed by atoms with Gasteiger partial charge >= 0.3 is 5.97 Å². The number of hydrogen-bond acceptors (Lipinski definition) is 4. The normalized spacial score (nSPS) is 23.3. The number of ether oxygens (including phenoxy) is 2. The van der Waals surface area contributed by atoms with Crippen LogP contribution in [0.25, 0.3) is 0 Å². The summed E-state index contributed by atoms with van der Waals surface area (Å²) in [6, 6.07) is 7.27. The summed E-state index contributed by atoms with van der Waals surface area (Å²) in [5.74, 6) is -0.120. The van der Waals surface area contributed by atoms with Gasteiger partial charge in [0.15, 0.2) is 3.79 Å². The molecule has 2 atom stereocenters. The molecule has 1 heterocycles. The minimum atomic E-state index is -0.525. The van der Waals surface area contributed by atoms with Gasteiger partial charge in [0.2, 0.25) is 0 Å². The molecule has 0 radical (unpaired) electrons. The molecule has 4 nitrogen and oxygen atoms in total. The van der Waals surface area contributed by atoms with E-state index in [4.69, 9.17) is 9.47 Å². The maximum absolute atomic E-state index is 11.5. The lowest BCUT2D eigenvalue weighted by Gasteiger charge is -2.17. The van der Waals surface area contributed by atoms with Gasteiger partial charge in [-0.25, -0.2) is 0 Å². The molecular formula is C12H11IO4. The van der Waals surface area contributed by atoms with E-state index in [-0.39, 0.29) is 16.2 Å². The minimum absolute atomic E-state index is 0.0654. The van der Waals surface area contributed by atoms with Crippen molar-refractivity contribution in [1.29, 1.82) is 0 Å². The van der Waals surface area contributed by atoms with Crippen molar-refractivity contribution in [2.75, 3.05) is 7.11 Å². The predicted molar refractivity (Wildman–Crippen MR) is 69.0 cm³/mol. The van der Waals surface area contributed by atoms with E-state index in [1.165, 1.54) is 0 Å². The van der Waals surface area contributed by atoms with E-state index >= 15 is 0 Å². The zero-order valence-electron chi connectivity index (χ0n) is 9.18. The SMILES string of the molecule is COc1ccccc1C1OC(=O)C[C@@H]1C(=O)I. The first kappa shape index (κ1) is 12.3. The fraction of sp³-hybridized carbons (Fsp3) is 0.333. The second kappa shape index (κ2) is 5.03. The lowest BCUT2D eigenvalue weighted by molar-refractivity contribution is -0.141. The predicted octanol–water partition coefficient (Wildman–Crippen LogP) is 2.26. The number of para-hydroxylation sites is 1. The molecule has 0 amide bonds. The van der Waals surface area contributed by atoms with Crippen LogP contribution in [0.1, 0.15) is 18.1 Å². The molecule has 1 saturated heterocycles. The van der Waals surface area contributed by atoms with Gasteiger partial charge in [0.1, 0.15) is 11.9 Å². The number of rotatable bonds is 3. The monoisotopic (exact) mass is 346 g/mol. The topological polar surface area (TPSA) is 52.6 Å². The number of halogens is 1. The molecule has 0 bridgehead atoms. The number of benzene rings is 1. The van der Waals surface area contributed by atoms with Gasteiger partial charge in [0.05, 0.1) is 19.4 Å². The molecule has 1 fully saturated rings. The summed E-state index contributed by atoms with van der Waals surface area (Å²) in [5.41, 5.74) is 0.746. The van der Waals surface area contributed by atoms with Crippen molar-refractivity contribution < 1.29 is 19.1 Å². The molecule has 0 spiro atoms. The molecule has 1 aliphatic rings. The number of carbonyl (C=O) groups excluding carboxylic acids is 2. The highest BCUT2D eigenvalue weighted by Gasteiger charge is 2.40. The van der Waals surface area contributed by atoms with Gasteiger partial charge in [-0.05, 0) is 6.07 Å². The zero-order chi connectivity index (χ0) is 12.4. The van der Waals surface area contributed by atoms with E-state index in [0.29, 0.717) is 5.75 Å². The molecule has 2 rings (SSSR count). The number of methoxy groups -OCH3 is 1. The van der Waals surface area contributed by atoms with Gasteiger partial charge in [-0.15, -0.1) is 0 Å². The van der Waals surface area contributed by atoms with Crippen LogP contribution in [0.2, 0.25) is 0 Å². The van der Waals surface area contributed by atoms with Crippen LogP contribution >= 0.6 is 22.6 Å². The third kappa shape index (κ3) is 2.43. The van der Waals surface area contributed by atoms with E-state index in [0.717, 1.165) is 5.56 Å². The fourth-order valence-corrected chi connectivity index (χ4v) is 2.49. The smallest absolute Gasteiger partial charge is 0.307 e. The van der Waals surface area contributed by atoms with Crippen molar-refractivity contribution in [1.82, 2.24) is 0 Å². The molecule has 0 saturated carbocycles. The molecule has 1 aliphatic heterocycles. The molecule has 17 heavy (non-hydrogen) atoms. The molecular weight excluding hydrogens is 335 g/mol. The highest BCUT2D eigenvalue weighted by atomic mass is 127. The Morgan fingerprint density at radius 2 is 2.18 bits per heavy atom.